The van der Waals surface area contributed by atoms with Gasteiger partial charge in [-0.1, -0.05) is 34.8 Å². The molecule has 0 bridgehead atoms. The molecule has 1 amide bonds. The molecule has 1 aliphatic rings. The number of aliphatic hydroxyl groups excluding tert-OH is 2. The molecular formula is C23H23ClN6O4S2. The molecule has 1 atom stereocenters. The summed E-state index contributed by atoms with van der Waals surface area (Å²) in [6.07, 6.45) is 0.817. The number of nitrogens with zero attached hydrogens (tertiary/aromatic N) is 2. The summed E-state index contributed by atoms with van der Waals surface area (Å²) < 4.78 is 2.53. The van der Waals surface area contributed by atoms with Crippen LogP contribution in [0.1, 0.15) is 44.9 Å². The minimum absolute atomic E-state index is 0.00126. The number of aliphatic imine (C=N–C) groups is 1. The van der Waals surface area contributed by atoms with Gasteiger partial charge in [0.2, 0.25) is 0 Å². The maximum absolute atomic E-state index is 13.0. The number of aromatic nitrogens is 2. The first-order valence-corrected chi connectivity index (χ1v) is 12.9. The average Bonchev–Trinajstić information content (AvgIpc) is 3.49. The molecule has 1 aromatic carbocycles. The lowest BCUT2D eigenvalue weighted by molar-refractivity contribution is 0.102. The Bertz CT molecular complexity index is 1440. The maximum Gasteiger partial charge on any atom is 0.271 e. The Morgan fingerprint density at radius 2 is 2.17 bits per heavy atom. The van der Waals surface area contributed by atoms with Gasteiger partial charge < -0.3 is 26.6 Å². The van der Waals surface area contributed by atoms with Gasteiger partial charge in [0, 0.05) is 11.5 Å². The Morgan fingerprint density at radius 3 is 2.83 bits per heavy atom. The third-order valence-corrected chi connectivity index (χ3v) is 7.32. The molecule has 13 heteroatoms. The molecule has 1 saturated carbocycles. The second-order valence-corrected chi connectivity index (χ2v) is 10.3. The van der Waals surface area contributed by atoms with Gasteiger partial charge in [-0.3, -0.25) is 14.0 Å². The van der Waals surface area contributed by atoms with Crippen LogP contribution in [0.3, 0.4) is 0 Å². The topological polar surface area (TPSA) is 166 Å². The number of benzene rings is 1. The lowest BCUT2D eigenvalue weighted by atomic mass is 10.1. The normalized spacial score (nSPS) is 14.2. The molecule has 2 heterocycles. The average molecular weight is 547 g/mol. The second-order valence-electron chi connectivity index (χ2n) is 8.12. The second kappa shape index (κ2) is 10.8. The summed E-state index contributed by atoms with van der Waals surface area (Å²) in [5.74, 6) is 6.18. The number of thiazole rings is 1. The third-order valence-electron chi connectivity index (χ3n) is 5.15. The number of carbonyl (C=O) groups excluding carboxylic acids is 1. The van der Waals surface area contributed by atoms with Gasteiger partial charge in [0.25, 0.3) is 11.5 Å². The number of nitrogens with one attached hydrogen (secondary N) is 3. The lowest BCUT2D eigenvalue weighted by Crippen LogP contribution is -2.25. The highest BCUT2D eigenvalue weighted by molar-refractivity contribution is 7.18. The quantitative estimate of drug-likeness (QED) is 0.150. The summed E-state index contributed by atoms with van der Waals surface area (Å²) in [5.41, 5.74) is 7.89. The highest BCUT2D eigenvalue weighted by atomic mass is 35.5. The van der Waals surface area contributed by atoms with E-state index >= 15 is 0 Å². The number of anilines is 3. The van der Waals surface area contributed by atoms with E-state index < -0.39 is 18.4 Å². The van der Waals surface area contributed by atoms with Crippen LogP contribution in [0.25, 0.3) is 0 Å². The number of nitrogens with two attached hydrogens (primary N) is 1. The first-order chi connectivity index (χ1) is 17.2. The van der Waals surface area contributed by atoms with Crippen molar-refractivity contribution in [1.29, 1.82) is 0 Å². The van der Waals surface area contributed by atoms with E-state index in [0.29, 0.717) is 37.3 Å². The van der Waals surface area contributed by atoms with Crippen LogP contribution in [-0.2, 0) is 0 Å². The number of aliphatic hydroxyl groups is 2. The number of H-pyrrole nitrogens is 1. The first kappa shape index (κ1) is 25.9. The molecule has 0 saturated heterocycles. The summed E-state index contributed by atoms with van der Waals surface area (Å²) in [5, 5.41) is 25.3. The van der Waals surface area contributed by atoms with E-state index in [1.165, 1.54) is 0 Å². The first-order valence-electron chi connectivity index (χ1n) is 10.9. The molecule has 2 aromatic heterocycles. The molecule has 3 aromatic rings. The molecule has 7 N–H and O–H groups in total. The van der Waals surface area contributed by atoms with Crippen molar-refractivity contribution in [3.63, 3.8) is 0 Å². The molecule has 4 rings (SSSR count). The maximum atomic E-state index is 13.0. The van der Waals surface area contributed by atoms with Crippen molar-refractivity contribution in [2.45, 2.75) is 32.9 Å². The standard InChI is InChI=1S/C23H23ClN6O4S2/c1-10-7-13(6-5-12-3-4-12)8-14(24)17(10)28-21(34)18-11(2)26-23(35-18)29-22-16(20(33)30-36-22)19(25)27-15(32)9-31/h7-8,12,15,31-32H,3-4,9H2,1-2H3,(H2,25,27)(H,26,29)(H,28,34)(H,30,33). The smallest absolute Gasteiger partial charge is 0.271 e. The predicted molar refractivity (Wildman–Crippen MR) is 143 cm³/mol. The van der Waals surface area contributed by atoms with Crippen LogP contribution in [0.4, 0.5) is 15.8 Å². The van der Waals surface area contributed by atoms with Gasteiger partial charge in [-0.05, 0) is 55.9 Å². The van der Waals surface area contributed by atoms with Crippen LogP contribution in [0.5, 0.6) is 0 Å². The molecule has 1 fully saturated rings. The summed E-state index contributed by atoms with van der Waals surface area (Å²) in [6, 6.07) is 3.62. The molecular weight excluding hydrogens is 524 g/mol. The molecule has 0 radical (unpaired) electrons. The van der Waals surface area contributed by atoms with Gasteiger partial charge in [0.05, 0.1) is 23.0 Å². The van der Waals surface area contributed by atoms with E-state index in [1.807, 2.05) is 13.0 Å². The number of hydrogen-bond donors (Lipinski definition) is 6. The zero-order valence-corrected chi connectivity index (χ0v) is 21.7. The van der Waals surface area contributed by atoms with E-state index in [2.05, 4.69) is 36.8 Å². The van der Waals surface area contributed by atoms with Crippen molar-refractivity contribution in [2.75, 3.05) is 17.2 Å². The number of carbonyl (C=O) groups is 1. The monoisotopic (exact) mass is 546 g/mol. The van der Waals surface area contributed by atoms with Crippen LogP contribution in [0.2, 0.25) is 5.02 Å². The highest BCUT2D eigenvalue weighted by Crippen LogP contribution is 2.32. The number of amides is 1. The molecule has 36 heavy (non-hydrogen) atoms. The predicted octanol–water partition coefficient (Wildman–Crippen LogP) is 2.94. The molecule has 0 aliphatic heterocycles. The summed E-state index contributed by atoms with van der Waals surface area (Å²) >= 11 is 8.49. The fourth-order valence-electron chi connectivity index (χ4n) is 3.20. The van der Waals surface area contributed by atoms with Gasteiger partial charge >= 0.3 is 0 Å². The van der Waals surface area contributed by atoms with Gasteiger partial charge in [0.1, 0.15) is 21.3 Å². The van der Waals surface area contributed by atoms with E-state index in [-0.39, 0.29) is 17.3 Å². The fraction of sp³-hybridized carbons (Fsp3) is 0.304. The van der Waals surface area contributed by atoms with Crippen LogP contribution in [0.15, 0.2) is 21.9 Å². The fourth-order valence-corrected chi connectivity index (χ4v) is 5.19. The minimum Gasteiger partial charge on any atom is -0.392 e. The molecule has 10 nitrogen and oxygen atoms in total. The molecule has 1 unspecified atom stereocenters. The Hall–Kier alpha value is -3.21. The number of halogens is 1. The van der Waals surface area contributed by atoms with Crippen LogP contribution >= 0.6 is 34.5 Å². The number of amidine groups is 1. The van der Waals surface area contributed by atoms with Gasteiger partial charge in [0.15, 0.2) is 11.4 Å². The van der Waals surface area contributed by atoms with E-state index in [1.54, 1.807) is 13.0 Å². The van der Waals surface area contributed by atoms with Crippen molar-refractivity contribution < 1.29 is 15.0 Å². The van der Waals surface area contributed by atoms with E-state index in [4.69, 9.17) is 22.4 Å². The van der Waals surface area contributed by atoms with Crippen LogP contribution in [0, 0.1) is 31.6 Å². The largest absolute Gasteiger partial charge is 0.392 e. The number of rotatable bonds is 7. The van der Waals surface area contributed by atoms with Crippen LogP contribution < -0.4 is 21.9 Å². The molecule has 0 spiro atoms. The highest BCUT2D eigenvalue weighted by Gasteiger charge is 2.21. The zero-order chi connectivity index (χ0) is 26.0. The lowest BCUT2D eigenvalue weighted by Gasteiger charge is -2.10. The molecule has 1 aliphatic carbocycles. The summed E-state index contributed by atoms with van der Waals surface area (Å²) in [6.45, 7) is 2.90. The van der Waals surface area contributed by atoms with Crippen molar-refractivity contribution >= 4 is 62.0 Å². The van der Waals surface area contributed by atoms with Crippen molar-refractivity contribution in [3.8, 4) is 11.8 Å². The van der Waals surface area contributed by atoms with Gasteiger partial charge in [-0.2, -0.15) is 0 Å². The Morgan fingerprint density at radius 1 is 1.42 bits per heavy atom. The van der Waals surface area contributed by atoms with Gasteiger partial charge in [-0.25, -0.2) is 9.98 Å². The van der Waals surface area contributed by atoms with Gasteiger partial charge in [-0.15, -0.1) is 0 Å². The zero-order valence-electron chi connectivity index (χ0n) is 19.3. The SMILES string of the molecule is Cc1cc(C#CC2CC2)cc(Cl)c1NC(=O)c1sc(Nc2s[nH]c(=O)c2C(N)=NC(O)CO)nc1C. The Balaban J connectivity index is 1.53. The Labute approximate surface area is 219 Å². The minimum atomic E-state index is -1.45. The third kappa shape index (κ3) is 5.95. The van der Waals surface area contributed by atoms with Crippen molar-refractivity contribution in [1.82, 2.24) is 9.36 Å². The van der Waals surface area contributed by atoms with E-state index in [0.717, 1.165) is 46.8 Å². The van der Waals surface area contributed by atoms with E-state index in [9.17, 15) is 14.7 Å². The van der Waals surface area contributed by atoms with Crippen molar-refractivity contribution in [2.24, 2.45) is 16.6 Å². The summed E-state index contributed by atoms with van der Waals surface area (Å²) in [7, 11) is 0. The van der Waals surface area contributed by atoms with Crippen LogP contribution in [-0.4, -0.2) is 44.1 Å². The number of hydrogen-bond acceptors (Lipinski definition) is 9. The number of aromatic amines is 1. The Kier molecular flexibility index (Phi) is 7.77. The van der Waals surface area contributed by atoms with Crippen molar-refractivity contribution in [3.05, 3.63) is 54.8 Å². The summed E-state index contributed by atoms with van der Waals surface area (Å²) in [4.78, 5) is 33.7. The number of aryl methyl sites for hydroxylation is 2. The molecule has 188 valence electrons.